The topological polar surface area (TPSA) is 145 Å². The van der Waals surface area contributed by atoms with Crippen molar-refractivity contribution in [3.05, 3.63) is 120 Å². The molecule has 0 bridgehead atoms. The van der Waals surface area contributed by atoms with E-state index >= 15 is 0 Å². The van der Waals surface area contributed by atoms with Crippen molar-refractivity contribution in [3.8, 4) is 0 Å². The summed E-state index contributed by atoms with van der Waals surface area (Å²) in [6, 6.07) is 28.7. The van der Waals surface area contributed by atoms with Gasteiger partial charge in [0.05, 0.1) is 9.79 Å². The Balaban J connectivity index is 1.05. The maximum Gasteiger partial charge on any atom is 0.261 e. The van der Waals surface area contributed by atoms with Crippen molar-refractivity contribution in [2.24, 2.45) is 0 Å². The van der Waals surface area contributed by atoms with Gasteiger partial charge >= 0.3 is 0 Å². The molecule has 1 heterocycles. The van der Waals surface area contributed by atoms with Gasteiger partial charge in [0.25, 0.3) is 31.9 Å². The quantitative estimate of drug-likeness (QED) is 0.226. The second-order valence-electron chi connectivity index (χ2n) is 10.4. The molecule has 0 aromatic heterocycles. The lowest BCUT2D eigenvalue weighted by molar-refractivity contribution is 0.0638. The third-order valence-electron chi connectivity index (χ3n) is 7.26. The molecular weight excluding hydrogens is 615 g/mol. The molecule has 234 valence electrons. The van der Waals surface area contributed by atoms with E-state index in [9.17, 15) is 26.4 Å². The van der Waals surface area contributed by atoms with E-state index in [1.807, 2.05) is 0 Å². The molecule has 0 radical (unpaired) electrons. The molecule has 0 saturated carbocycles. The molecular formula is C32H33N5O6S2. The van der Waals surface area contributed by atoms with E-state index in [1.54, 1.807) is 65.6 Å². The van der Waals surface area contributed by atoms with Crippen molar-refractivity contribution in [2.45, 2.75) is 9.79 Å². The first kappa shape index (κ1) is 31.7. The Bertz CT molecular complexity index is 1830. The first-order chi connectivity index (χ1) is 21.6. The van der Waals surface area contributed by atoms with E-state index in [0.717, 1.165) is 0 Å². The van der Waals surface area contributed by atoms with Crippen molar-refractivity contribution in [3.63, 3.8) is 0 Å². The van der Waals surface area contributed by atoms with Crippen LogP contribution in [0.25, 0.3) is 0 Å². The van der Waals surface area contributed by atoms with E-state index < -0.39 is 20.0 Å². The van der Waals surface area contributed by atoms with Crippen molar-refractivity contribution in [2.75, 3.05) is 48.7 Å². The summed E-state index contributed by atoms with van der Waals surface area (Å²) in [5.74, 6) is -0.486. The molecule has 4 aromatic carbocycles. The zero-order valence-corrected chi connectivity index (χ0v) is 25.9. The highest BCUT2D eigenvalue weighted by Crippen LogP contribution is 2.19. The van der Waals surface area contributed by atoms with Gasteiger partial charge in [-0.15, -0.1) is 0 Å². The van der Waals surface area contributed by atoms with Gasteiger partial charge in [-0.3, -0.25) is 23.9 Å². The van der Waals surface area contributed by atoms with E-state index in [0.29, 0.717) is 61.8 Å². The van der Waals surface area contributed by atoms with Gasteiger partial charge in [-0.05, 0) is 72.8 Å². The second kappa shape index (κ2) is 13.9. The molecule has 1 fully saturated rings. The van der Waals surface area contributed by atoms with Crippen molar-refractivity contribution in [1.82, 2.24) is 15.1 Å². The molecule has 0 atom stereocenters. The SMILES string of the molecule is O=C(NCCN1CCN(C(=O)c2ccc(S(=O)(=O)Nc3ccccc3)cc2)CC1)c1ccc(S(=O)(=O)Nc2ccccc2)cc1. The largest absolute Gasteiger partial charge is 0.351 e. The number of amides is 2. The van der Waals surface area contributed by atoms with E-state index in [1.165, 1.54) is 48.5 Å². The summed E-state index contributed by atoms with van der Waals surface area (Å²) in [6.07, 6.45) is 0. The molecule has 1 saturated heterocycles. The number of benzene rings is 4. The van der Waals surface area contributed by atoms with E-state index in [-0.39, 0.29) is 21.6 Å². The molecule has 4 aromatic rings. The monoisotopic (exact) mass is 647 g/mol. The Labute approximate surface area is 263 Å². The number of sulfonamides is 2. The molecule has 0 spiro atoms. The average molecular weight is 648 g/mol. The number of nitrogens with zero attached hydrogens (tertiary/aromatic N) is 2. The first-order valence-corrected chi connectivity index (χ1v) is 17.2. The highest BCUT2D eigenvalue weighted by atomic mass is 32.2. The van der Waals surface area contributed by atoms with Gasteiger partial charge in [0.1, 0.15) is 0 Å². The fourth-order valence-electron chi connectivity index (χ4n) is 4.79. The van der Waals surface area contributed by atoms with Crippen LogP contribution in [0, 0.1) is 0 Å². The Morgan fingerprint density at radius 1 is 0.578 bits per heavy atom. The predicted octanol–water partition coefficient (Wildman–Crippen LogP) is 3.48. The smallest absolute Gasteiger partial charge is 0.261 e. The fourth-order valence-corrected chi connectivity index (χ4v) is 6.91. The molecule has 0 unspecified atom stereocenters. The van der Waals surface area contributed by atoms with Crippen molar-refractivity contribution in [1.29, 1.82) is 0 Å². The van der Waals surface area contributed by atoms with Crippen LogP contribution >= 0.6 is 0 Å². The van der Waals surface area contributed by atoms with Crippen LogP contribution < -0.4 is 14.8 Å². The number of hydrogen-bond donors (Lipinski definition) is 3. The summed E-state index contributed by atoms with van der Waals surface area (Å²) in [6.45, 7) is 3.20. The van der Waals surface area contributed by atoms with Gasteiger partial charge in [-0.25, -0.2) is 16.8 Å². The Morgan fingerprint density at radius 2 is 1.02 bits per heavy atom. The number of piperazine rings is 1. The maximum atomic E-state index is 13.0. The minimum Gasteiger partial charge on any atom is -0.351 e. The normalized spacial score (nSPS) is 14.0. The minimum absolute atomic E-state index is 0.0522. The van der Waals surface area contributed by atoms with Gasteiger partial charge in [-0.1, -0.05) is 36.4 Å². The number of carbonyl (C=O) groups excluding carboxylic acids is 2. The molecule has 3 N–H and O–H groups in total. The highest BCUT2D eigenvalue weighted by Gasteiger charge is 2.23. The number of carbonyl (C=O) groups is 2. The van der Waals surface area contributed by atoms with E-state index in [2.05, 4.69) is 19.7 Å². The van der Waals surface area contributed by atoms with Gasteiger partial charge in [-0.2, -0.15) is 0 Å². The zero-order valence-electron chi connectivity index (χ0n) is 24.3. The van der Waals surface area contributed by atoms with Crippen LogP contribution in [0.5, 0.6) is 0 Å². The molecule has 1 aliphatic rings. The average Bonchev–Trinajstić information content (AvgIpc) is 3.05. The summed E-state index contributed by atoms with van der Waals surface area (Å²) < 4.78 is 55.6. The Morgan fingerprint density at radius 3 is 1.49 bits per heavy atom. The van der Waals surface area contributed by atoms with Crippen LogP contribution in [-0.4, -0.2) is 77.7 Å². The molecule has 1 aliphatic heterocycles. The molecule has 5 rings (SSSR count). The third-order valence-corrected chi connectivity index (χ3v) is 10.1. The number of nitrogens with one attached hydrogen (secondary N) is 3. The van der Waals surface area contributed by atoms with Gasteiger partial charge in [0.15, 0.2) is 0 Å². The van der Waals surface area contributed by atoms with Crippen molar-refractivity contribution < 1.29 is 26.4 Å². The van der Waals surface area contributed by atoms with Crippen LogP contribution in [0.3, 0.4) is 0 Å². The van der Waals surface area contributed by atoms with Crippen molar-refractivity contribution >= 4 is 43.2 Å². The highest BCUT2D eigenvalue weighted by molar-refractivity contribution is 7.93. The zero-order chi connectivity index (χ0) is 31.9. The van der Waals surface area contributed by atoms with Crippen LogP contribution in [0.4, 0.5) is 11.4 Å². The molecule has 13 heteroatoms. The summed E-state index contributed by atoms with van der Waals surface area (Å²) in [5.41, 5.74) is 1.65. The number of rotatable bonds is 11. The molecule has 2 amide bonds. The number of para-hydroxylation sites is 2. The first-order valence-electron chi connectivity index (χ1n) is 14.3. The second-order valence-corrected chi connectivity index (χ2v) is 13.7. The summed E-state index contributed by atoms with van der Waals surface area (Å²) in [5, 5.41) is 2.86. The minimum atomic E-state index is -3.78. The maximum absolute atomic E-state index is 13.0. The predicted molar refractivity (Wildman–Crippen MR) is 172 cm³/mol. The fraction of sp³-hybridized carbons (Fsp3) is 0.188. The van der Waals surface area contributed by atoms with Gasteiger partial charge in [0, 0.05) is 61.8 Å². The van der Waals surface area contributed by atoms with Crippen LogP contribution in [0.2, 0.25) is 0 Å². The lowest BCUT2D eigenvalue weighted by Gasteiger charge is -2.34. The van der Waals surface area contributed by atoms with E-state index in [4.69, 9.17) is 0 Å². The standard InChI is InChI=1S/C32H33N5O6S2/c38-31(25-11-15-29(16-12-25)44(40,41)34-27-7-3-1-4-8-27)33-19-20-36-21-23-37(24-22-36)32(39)26-13-17-30(18-14-26)45(42,43)35-28-9-5-2-6-10-28/h1-18,34-35H,19-24H2,(H,33,38). The van der Waals surface area contributed by atoms with Gasteiger partial charge in [0.2, 0.25) is 0 Å². The van der Waals surface area contributed by atoms with Gasteiger partial charge < -0.3 is 10.2 Å². The molecule has 0 aliphatic carbocycles. The lowest BCUT2D eigenvalue weighted by Crippen LogP contribution is -2.50. The summed E-state index contributed by atoms with van der Waals surface area (Å²) in [7, 11) is -7.56. The van der Waals surface area contributed by atoms with Crippen LogP contribution in [-0.2, 0) is 20.0 Å². The Hall–Kier alpha value is -4.72. The van der Waals surface area contributed by atoms with Crippen LogP contribution in [0.1, 0.15) is 20.7 Å². The summed E-state index contributed by atoms with van der Waals surface area (Å²) in [4.78, 5) is 29.6. The number of anilines is 2. The number of hydrogen-bond acceptors (Lipinski definition) is 7. The lowest BCUT2D eigenvalue weighted by atomic mass is 10.2. The summed E-state index contributed by atoms with van der Waals surface area (Å²) >= 11 is 0. The third kappa shape index (κ3) is 8.26. The molecule has 11 nitrogen and oxygen atoms in total. The molecule has 45 heavy (non-hydrogen) atoms. The van der Waals surface area contributed by atoms with Crippen LogP contribution in [0.15, 0.2) is 119 Å². The Kier molecular flexibility index (Phi) is 9.81.